The van der Waals surface area contributed by atoms with Gasteiger partial charge in [-0.1, -0.05) is 0 Å². The Bertz CT molecular complexity index is 152. The van der Waals surface area contributed by atoms with Crippen molar-refractivity contribution in [2.24, 2.45) is 0 Å². The lowest BCUT2D eigenvalue weighted by molar-refractivity contribution is -0.145. The fraction of sp³-hybridized carbons (Fsp3) is 0.889. The zero-order chi connectivity index (χ0) is 9.52. The standard InChI is InChI=1S/C9H16O4/c1-11-4-2-3-8(10)9-7-12-5-6-13-9/h9H,2-7H2,1H3. The second-order valence-electron chi connectivity index (χ2n) is 3.00. The van der Waals surface area contributed by atoms with Gasteiger partial charge in [0.2, 0.25) is 0 Å². The Balaban J connectivity index is 2.13. The predicted molar refractivity (Wildman–Crippen MR) is 46.7 cm³/mol. The summed E-state index contributed by atoms with van der Waals surface area (Å²) in [5, 5.41) is 0. The minimum Gasteiger partial charge on any atom is -0.385 e. The molecule has 1 heterocycles. The lowest BCUT2D eigenvalue weighted by atomic mass is 10.1. The van der Waals surface area contributed by atoms with Gasteiger partial charge in [-0.3, -0.25) is 4.79 Å². The molecule has 1 unspecified atom stereocenters. The number of Topliss-reactive ketones (excluding diaryl/α,β-unsaturated/α-hetero) is 1. The summed E-state index contributed by atoms with van der Waals surface area (Å²) in [6.45, 7) is 2.16. The van der Waals surface area contributed by atoms with Crippen molar-refractivity contribution in [2.45, 2.75) is 18.9 Å². The Morgan fingerprint density at radius 2 is 2.38 bits per heavy atom. The smallest absolute Gasteiger partial charge is 0.164 e. The number of ether oxygens (including phenoxy) is 3. The third-order valence-electron chi connectivity index (χ3n) is 1.95. The number of ketones is 1. The molecule has 1 aliphatic rings. The van der Waals surface area contributed by atoms with E-state index in [1.807, 2.05) is 0 Å². The van der Waals surface area contributed by atoms with Crippen LogP contribution in [0.4, 0.5) is 0 Å². The van der Waals surface area contributed by atoms with Crippen LogP contribution in [0.15, 0.2) is 0 Å². The summed E-state index contributed by atoms with van der Waals surface area (Å²) in [4.78, 5) is 11.4. The first kappa shape index (κ1) is 10.6. The van der Waals surface area contributed by atoms with Crippen molar-refractivity contribution in [3.05, 3.63) is 0 Å². The highest BCUT2D eigenvalue weighted by molar-refractivity contribution is 5.83. The van der Waals surface area contributed by atoms with Crippen LogP contribution in [0.2, 0.25) is 0 Å². The van der Waals surface area contributed by atoms with Gasteiger partial charge in [0.1, 0.15) is 6.10 Å². The number of carbonyl (C=O) groups excluding carboxylic acids is 1. The normalized spacial score (nSPS) is 23.0. The van der Waals surface area contributed by atoms with E-state index >= 15 is 0 Å². The van der Waals surface area contributed by atoms with Crippen LogP contribution in [0.1, 0.15) is 12.8 Å². The molecule has 1 fully saturated rings. The molecule has 0 aromatic heterocycles. The molecular weight excluding hydrogens is 172 g/mol. The van der Waals surface area contributed by atoms with Crippen LogP contribution in [0.5, 0.6) is 0 Å². The van der Waals surface area contributed by atoms with Crippen molar-refractivity contribution >= 4 is 5.78 Å². The minimum atomic E-state index is -0.342. The highest BCUT2D eigenvalue weighted by atomic mass is 16.6. The fourth-order valence-corrected chi connectivity index (χ4v) is 1.23. The van der Waals surface area contributed by atoms with E-state index in [-0.39, 0.29) is 11.9 Å². The van der Waals surface area contributed by atoms with Crippen molar-refractivity contribution in [1.29, 1.82) is 0 Å². The van der Waals surface area contributed by atoms with Crippen LogP contribution in [0, 0.1) is 0 Å². The molecule has 76 valence electrons. The quantitative estimate of drug-likeness (QED) is 0.586. The number of hydrogen-bond donors (Lipinski definition) is 0. The summed E-state index contributed by atoms with van der Waals surface area (Å²) < 4.78 is 15.2. The summed E-state index contributed by atoms with van der Waals surface area (Å²) in [6, 6.07) is 0. The fourth-order valence-electron chi connectivity index (χ4n) is 1.23. The van der Waals surface area contributed by atoms with E-state index in [2.05, 4.69) is 0 Å². The Kier molecular flexibility index (Phi) is 4.97. The van der Waals surface area contributed by atoms with E-state index in [0.29, 0.717) is 32.8 Å². The van der Waals surface area contributed by atoms with Crippen molar-refractivity contribution in [3.8, 4) is 0 Å². The zero-order valence-electron chi connectivity index (χ0n) is 7.95. The van der Waals surface area contributed by atoms with Gasteiger partial charge in [0, 0.05) is 20.1 Å². The van der Waals surface area contributed by atoms with E-state index in [4.69, 9.17) is 14.2 Å². The molecule has 1 atom stereocenters. The second-order valence-corrected chi connectivity index (χ2v) is 3.00. The van der Waals surface area contributed by atoms with E-state index in [0.717, 1.165) is 6.42 Å². The molecule has 4 heteroatoms. The van der Waals surface area contributed by atoms with Crippen LogP contribution < -0.4 is 0 Å². The molecule has 0 aliphatic carbocycles. The van der Waals surface area contributed by atoms with Gasteiger partial charge in [0.05, 0.1) is 19.8 Å². The van der Waals surface area contributed by atoms with E-state index in [1.165, 1.54) is 0 Å². The SMILES string of the molecule is COCCCC(=O)C1COCCO1. The molecule has 1 aliphatic heterocycles. The van der Waals surface area contributed by atoms with Gasteiger partial charge in [0.25, 0.3) is 0 Å². The summed E-state index contributed by atoms with van der Waals surface area (Å²) in [6.07, 6.45) is 0.933. The topological polar surface area (TPSA) is 44.8 Å². The molecule has 0 amide bonds. The molecule has 0 radical (unpaired) electrons. The van der Waals surface area contributed by atoms with Crippen molar-refractivity contribution in [3.63, 3.8) is 0 Å². The molecule has 13 heavy (non-hydrogen) atoms. The van der Waals surface area contributed by atoms with Gasteiger partial charge in [-0.15, -0.1) is 0 Å². The van der Waals surface area contributed by atoms with Gasteiger partial charge < -0.3 is 14.2 Å². The Labute approximate surface area is 78.2 Å². The van der Waals surface area contributed by atoms with Crippen molar-refractivity contribution < 1.29 is 19.0 Å². The summed E-state index contributed by atoms with van der Waals surface area (Å²) in [5.41, 5.74) is 0. The Morgan fingerprint density at radius 3 is 3.00 bits per heavy atom. The molecule has 0 bridgehead atoms. The first-order valence-electron chi connectivity index (χ1n) is 4.55. The minimum absolute atomic E-state index is 0.122. The van der Waals surface area contributed by atoms with E-state index in [1.54, 1.807) is 7.11 Å². The predicted octanol–water partition coefficient (Wildman–Crippen LogP) is 0.397. The average Bonchev–Trinajstić information content (AvgIpc) is 2.19. The third-order valence-corrected chi connectivity index (χ3v) is 1.95. The number of hydrogen-bond acceptors (Lipinski definition) is 4. The van der Waals surface area contributed by atoms with Crippen LogP contribution in [-0.4, -0.2) is 45.4 Å². The highest BCUT2D eigenvalue weighted by Gasteiger charge is 2.21. The molecule has 0 aromatic carbocycles. The zero-order valence-corrected chi connectivity index (χ0v) is 7.95. The summed E-state index contributed by atoms with van der Waals surface area (Å²) in [7, 11) is 1.63. The first-order valence-corrected chi connectivity index (χ1v) is 4.55. The monoisotopic (exact) mass is 188 g/mol. The highest BCUT2D eigenvalue weighted by Crippen LogP contribution is 2.05. The largest absolute Gasteiger partial charge is 0.385 e. The molecule has 0 spiro atoms. The number of methoxy groups -OCH3 is 1. The number of carbonyl (C=O) groups is 1. The Hall–Kier alpha value is -0.450. The maximum Gasteiger partial charge on any atom is 0.164 e. The first-order chi connectivity index (χ1) is 6.34. The molecule has 1 rings (SSSR count). The third kappa shape index (κ3) is 3.85. The number of rotatable bonds is 5. The molecule has 4 nitrogen and oxygen atoms in total. The van der Waals surface area contributed by atoms with Gasteiger partial charge in [-0.05, 0) is 6.42 Å². The van der Waals surface area contributed by atoms with Gasteiger partial charge in [0.15, 0.2) is 5.78 Å². The maximum atomic E-state index is 11.4. The lowest BCUT2D eigenvalue weighted by Gasteiger charge is -2.21. The van der Waals surface area contributed by atoms with Crippen molar-refractivity contribution in [2.75, 3.05) is 33.5 Å². The Morgan fingerprint density at radius 1 is 1.54 bits per heavy atom. The van der Waals surface area contributed by atoms with Gasteiger partial charge in [-0.25, -0.2) is 0 Å². The second kappa shape index (κ2) is 6.07. The van der Waals surface area contributed by atoms with E-state index < -0.39 is 0 Å². The van der Waals surface area contributed by atoms with E-state index in [9.17, 15) is 4.79 Å². The maximum absolute atomic E-state index is 11.4. The van der Waals surface area contributed by atoms with Crippen LogP contribution >= 0.6 is 0 Å². The molecule has 1 saturated heterocycles. The summed E-state index contributed by atoms with van der Waals surface area (Å²) >= 11 is 0. The van der Waals surface area contributed by atoms with Gasteiger partial charge in [-0.2, -0.15) is 0 Å². The molecular formula is C9H16O4. The van der Waals surface area contributed by atoms with Crippen LogP contribution in [0.3, 0.4) is 0 Å². The van der Waals surface area contributed by atoms with Crippen LogP contribution in [0.25, 0.3) is 0 Å². The van der Waals surface area contributed by atoms with Crippen molar-refractivity contribution in [1.82, 2.24) is 0 Å². The van der Waals surface area contributed by atoms with Crippen LogP contribution in [-0.2, 0) is 19.0 Å². The molecule has 0 saturated carbocycles. The molecule has 0 N–H and O–H groups in total. The average molecular weight is 188 g/mol. The summed E-state index contributed by atoms with van der Waals surface area (Å²) in [5.74, 6) is 0.122. The lowest BCUT2D eigenvalue weighted by Crippen LogP contribution is -2.35. The van der Waals surface area contributed by atoms with Gasteiger partial charge >= 0.3 is 0 Å². The molecule has 0 aromatic rings.